The van der Waals surface area contributed by atoms with Crippen molar-refractivity contribution in [3.63, 3.8) is 0 Å². The maximum Gasteiger partial charge on any atom is 0.226 e. The van der Waals surface area contributed by atoms with Gasteiger partial charge in [0.1, 0.15) is 0 Å². The van der Waals surface area contributed by atoms with Gasteiger partial charge in [0.15, 0.2) is 11.6 Å². The average molecular weight is 296 g/mol. The molecule has 0 saturated heterocycles. The highest BCUT2D eigenvalue weighted by Gasteiger charge is 2.31. The fraction of sp³-hybridized carbons (Fsp3) is 0.562. The Balaban J connectivity index is 2.02. The van der Waals surface area contributed by atoms with Crippen molar-refractivity contribution in [1.82, 2.24) is 4.90 Å². The van der Waals surface area contributed by atoms with E-state index in [9.17, 15) is 13.6 Å². The molecule has 2 unspecified atom stereocenters. The van der Waals surface area contributed by atoms with Crippen molar-refractivity contribution >= 4 is 5.91 Å². The number of hydrogen-bond donors (Lipinski definition) is 1. The standard InChI is InChI=1S/C16H22F2N2O/c1-20(10-11-6-7-14(17)15(18)8-11)16(21)13-5-3-2-4-12(13)9-19/h6-8,12-13H,2-5,9-10,19H2,1H3. The summed E-state index contributed by atoms with van der Waals surface area (Å²) in [5.41, 5.74) is 6.35. The van der Waals surface area contributed by atoms with E-state index in [1.165, 1.54) is 6.07 Å². The summed E-state index contributed by atoms with van der Waals surface area (Å²) in [5, 5.41) is 0. The maximum atomic E-state index is 13.2. The van der Waals surface area contributed by atoms with Crippen LogP contribution in [-0.4, -0.2) is 24.4 Å². The largest absolute Gasteiger partial charge is 0.341 e. The van der Waals surface area contributed by atoms with Crippen LogP contribution in [0.2, 0.25) is 0 Å². The number of carbonyl (C=O) groups excluding carboxylic acids is 1. The van der Waals surface area contributed by atoms with E-state index in [-0.39, 0.29) is 24.3 Å². The van der Waals surface area contributed by atoms with Gasteiger partial charge in [0.05, 0.1) is 0 Å². The van der Waals surface area contributed by atoms with Gasteiger partial charge in [0.25, 0.3) is 0 Å². The van der Waals surface area contributed by atoms with E-state index in [1.54, 1.807) is 11.9 Å². The first-order valence-corrected chi connectivity index (χ1v) is 7.42. The highest BCUT2D eigenvalue weighted by Crippen LogP contribution is 2.30. The Morgan fingerprint density at radius 3 is 2.67 bits per heavy atom. The van der Waals surface area contributed by atoms with Crippen molar-refractivity contribution in [3.05, 3.63) is 35.4 Å². The van der Waals surface area contributed by atoms with Gasteiger partial charge in [-0.1, -0.05) is 18.9 Å². The zero-order chi connectivity index (χ0) is 15.4. The molecule has 1 fully saturated rings. The third-order valence-electron chi connectivity index (χ3n) is 4.31. The number of benzene rings is 1. The van der Waals surface area contributed by atoms with Crippen molar-refractivity contribution in [2.24, 2.45) is 17.6 Å². The van der Waals surface area contributed by atoms with E-state index in [1.807, 2.05) is 0 Å². The third-order valence-corrected chi connectivity index (χ3v) is 4.31. The van der Waals surface area contributed by atoms with Crippen LogP contribution in [0.4, 0.5) is 8.78 Å². The molecule has 21 heavy (non-hydrogen) atoms. The molecule has 1 saturated carbocycles. The number of halogens is 2. The first-order chi connectivity index (χ1) is 10.0. The molecular weight excluding hydrogens is 274 g/mol. The normalized spacial score (nSPS) is 22.1. The zero-order valence-corrected chi connectivity index (χ0v) is 12.3. The van der Waals surface area contributed by atoms with Crippen molar-refractivity contribution in [2.75, 3.05) is 13.6 Å². The van der Waals surface area contributed by atoms with Gasteiger partial charge in [-0.05, 0) is 43.0 Å². The van der Waals surface area contributed by atoms with E-state index in [0.717, 1.165) is 37.8 Å². The van der Waals surface area contributed by atoms with Gasteiger partial charge < -0.3 is 10.6 Å². The number of nitrogens with two attached hydrogens (primary N) is 1. The molecule has 0 bridgehead atoms. The van der Waals surface area contributed by atoms with Crippen molar-refractivity contribution in [2.45, 2.75) is 32.2 Å². The van der Waals surface area contributed by atoms with Crippen LogP contribution < -0.4 is 5.73 Å². The van der Waals surface area contributed by atoms with Crippen LogP contribution in [0.25, 0.3) is 0 Å². The Kier molecular flexibility index (Phi) is 5.28. The molecular formula is C16H22F2N2O. The lowest BCUT2D eigenvalue weighted by molar-refractivity contribution is -0.137. The number of carbonyl (C=O) groups is 1. The SMILES string of the molecule is CN(Cc1ccc(F)c(F)c1)C(=O)C1CCCCC1CN. The number of nitrogens with zero attached hydrogens (tertiary/aromatic N) is 1. The first kappa shape index (κ1) is 15.9. The minimum absolute atomic E-state index is 0.0426. The molecule has 0 spiro atoms. The highest BCUT2D eigenvalue weighted by molar-refractivity contribution is 5.79. The predicted octanol–water partition coefficient (Wildman–Crippen LogP) is 2.69. The van der Waals surface area contributed by atoms with Gasteiger partial charge in [-0.15, -0.1) is 0 Å². The number of amides is 1. The molecule has 0 aliphatic heterocycles. The summed E-state index contributed by atoms with van der Waals surface area (Å²) < 4.78 is 26.1. The number of rotatable bonds is 4. The summed E-state index contributed by atoms with van der Waals surface area (Å²) >= 11 is 0. The van der Waals surface area contributed by atoms with Crippen molar-refractivity contribution < 1.29 is 13.6 Å². The summed E-state index contributed by atoms with van der Waals surface area (Å²) in [5.74, 6) is -1.51. The Bertz CT molecular complexity index is 507. The Morgan fingerprint density at radius 1 is 1.29 bits per heavy atom. The second-order valence-electron chi connectivity index (χ2n) is 5.83. The molecule has 2 N–H and O–H groups in total. The predicted molar refractivity (Wildman–Crippen MR) is 77.3 cm³/mol. The molecule has 0 heterocycles. The van der Waals surface area contributed by atoms with Crippen LogP contribution in [0.5, 0.6) is 0 Å². The fourth-order valence-electron chi connectivity index (χ4n) is 3.09. The second kappa shape index (κ2) is 6.98. The van der Waals surface area contributed by atoms with E-state index < -0.39 is 11.6 Å². The van der Waals surface area contributed by atoms with Crippen LogP contribution in [0, 0.1) is 23.5 Å². The molecule has 116 valence electrons. The van der Waals surface area contributed by atoms with Gasteiger partial charge in [-0.25, -0.2) is 8.78 Å². The Hall–Kier alpha value is -1.49. The molecule has 5 heteroatoms. The van der Waals surface area contributed by atoms with E-state index in [2.05, 4.69) is 0 Å². The molecule has 1 aliphatic rings. The van der Waals surface area contributed by atoms with E-state index in [4.69, 9.17) is 5.73 Å². The van der Waals surface area contributed by atoms with Gasteiger partial charge in [0.2, 0.25) is 5.91 Å². The van der Waals surface area contributed by atoms with Crippen LogP contribution in [0.3, 0.4) is 0 Å². The Morgan fingerprint density at radius 2 is 2.00 bits per heavy atom. The van der Waals surface area contributed by atoms with Crippen LogP contribution >= 0.6 is 0 Å². The summed E-state index contributed by atoms with van der Waals surface area (Å²) in [6.45, 7) is 0.805. The van der Waals surface area contributed by atoms with Crippen LogP contribution in [-0.2, 0) is 11.3 Å². The maximum absolute atomic E-state index is 13.2. The molecule has 3 nitrogen and oxygen atoms in total. The fourth-order valence-corrected chi connectivity index (χ4v) is 3.09. The van der Waals surface area contributed by atoms with Gasteiger partial charge in [-0.2, -0.15) is 0 Å². The molecule has 2 atom stereocenters. The summed E-state index contributed by atoms with van der Waals surface area (Å²) in [4.78, 5) is 14.1. The van der Waals surface area contributed by atoms with Crippen molar-refractivity contribution in [3.8, 4) is 0 Å². The minimum atomic E-state index is -0.883. The summed E-state index contributed by atoms with van der Waals surface area (Å²) in [6.07, 6.45) is 4.03. The lowest BCUT2D eigenvalue weighted by atomic mass is 9.78. The monoisotopic (exact) mass is 296 g/mol. The summed E-state index contributed by atoms with van der Waals surface area (Å²) in [6, 6.07) is 3.73. The quantitative estimate of drug-likeness (QED) is 0.928. The molecule has 0 radical (unpaired) electrons. The second-order valence-corrected chi connectivity index (χ2v) is 5.83. The smallest absolute Gasteiger partial charge is 0.226 e. The van der Waals surface area contributed by atoms with Gasteiger partial charge >= 0.3 is 0 Å². The molecule has 1 amide bonds. The highest BCUT2D eigenvalue weighted by atomic mass is 19.2. The van der Waals surface area contributed by atoms with E-state index in [0.29, 0.717) is 12.1 Å². The van der Waals surface area contributed by atoms with Crippen LogP contribution in [0.1, 0.15) is 31.2 Å². The third kappa shape index (κ3) is 3.79. The molecule has 1 aromatic carbocycles. The summed E-state index contributed by atoms with van der Waals surface area (Å²) in [7, 11) is 1.70. The number of hydrogen-bond acceptors (Lipinski definition) is 2. The lowest BCUT2D eigenvalue weighted by Gasteiger charge is -2.32. The topological polar surface area (TPSA) is 46.3 Å². The van der Waals surface area contributed by atoms with Gasteiger partial charge in [0, 0.05) is 19.5 Å². The van der Waals surface area contributed by atoms with Gasteiger partial charge in [-0.3, -0.25) is 4.79 Å². The first-order valence-electron chi connectivity index (χ1n) is 7.42. The average Bonchev–Trinajstić information content (AvgIpc) is 2.50. The Labute approximate surface area is 124 Å². The molecule has 0 aromatic heterocycles. The zero-order valence-electron chi connectivity index (χ0n) is 12.3. The molecule has 1 aliphatic carbocycles. The minimum Gasteiger partial charge on any atom is -0.341 e. The van der Waals surface area contributed by atoms with Crippen LogP contribution in [0.15, 0.2) is 18.2 Å². The lowest BCUT2D eigenvalue weighted by Crippen LogP contribution is -2.40. The van der Waals surface area contributed by atoms with Crippen molar-refractivity contribution in [1.29, 1.82) is 0 Å². The van der Waals surface area contributed by atoms with E-state index >= 15 is 0 Å². The molecule has 2 rings (SSSR count). The molecule has 1 aromatic rings.